The number of rotatable bonds is 5. The van der Waals surface area contributed by atoms with Crippen LogP contribution in [0.2, 0.25) is 0 Å². The van der Waals surface area contributed by atoms with Crippen molar-refractivity contribution in [2.45, 2.75) is 32.9 Å². The minimum atomic E-state index is -0.906. The summed E-state index contributed by atoms with van der Waals surface area (Å²) in [6.45, 7) is 4.90. The number of aliphatic hydroxyl groups excluding tert-OH is 1. The molecule has 1 heterocycles. The fraction of sp³-hybridized carbons (Fsp3) is 0.429. The van der Waals surface area contributed by atoms with Gasteiger partial charge in [0.2, 0.25) is 0 Å². The molecule has 19 heavy (non-hydrogen) atoms. The van der Waals surface area contributed by atoms with E-state index in [-0.39, 0.29) is 6.42 Å². The molecule has 0 aliphatic heterocycles. The van der Waals surface area contributed by atoms with E-state index in [4.69, 9.17) is 0 Å². The molecular formula is C14H18FN3O. The number of hydrogen-bond donors (Lipinski definition) is 1. The van der Waals surface area contributed by atoms with Crippen molar-refractivity contribution in [3.63, 3.8) is 0 Å². The molecule has 0 radical (unpaired) electrons. The molecule has 2 aromatic rings. The average molecular weight is 263 g/mol. The van der Waals surface area contributed by atoms with Crippen LogP contribution in [-0.2, 0) is 13.0 Å². The average Bonchev–Trinajstić information content (AvgIpc) is 2.76. The Balaban J connectivity index is 2.13. The lowest BCUT2D eigenvalue weighted by Gasteiger charge is -2.13. The zero-order chi connectivity index (χ0) is 13.8. The van der Waals surface area contributed by atoms with Gasteiger partial charge < -0.3 is 5.11 Å². The van der Waals surface area contributed by atoms with Crippen molar-refractivity contribution in [3.8, 4) is 0 Å². The molecule has 0 bridgehead atoms. The third-order valence-corrected chi connectivity index (χ3v) is 2.87. The van der Waals surface area contributed by atoms with Crippen LogP contribution in [-0.4, -0.2) is 19.9 Å². The lowest BCUT2D eigenvalue weighted by atomic mass is 10.1. The Hall–Kier alpha value is -1.75. The number of aromatic nitrogens is 3. The summed E-state index contributed by atoms with van der Waals surface area (Å²) in [5.41, 5.74) is 0.293. The number of hydrogen-bond acceptors (Lipinski definition) is 3. The van der Waals surface area contributed by atoms with Crippen molar-refractivity contribution in [3.05, 3.63) is 47.8 Å². The Labute approximate surface area is 111 Å². The smallest absolute Gasteiger partial charge is 0.138 e. The van der Waals surface area contributed by atoms with E-state index >= 15 is 0 Å². The Kier molecular flexibility index (Phi) is 4.27. The van der Waals surface area contributed by atoms with Crippen LogP contribution in [0.1, 0.15) is 31.3 Å². The summed E-state index contributed by atoms with van der Waals surface area (Å²) < 4.78 is 15.3. The molecular weight excluding hydrogens is 245 g/mol. The predicted octanol–water partition coefficient (Wildman–Crippen LogP) is 2.35. The van der Waals surface area contributed by atoms with Gasteiger partial charge in [-0.05, 0) is 12.0 Å². The second-order valence-electron chi connectivity index (χ2n) is 4.99. The van der Waals surface area contributed by atoms with Crippen LogP contribution in [0.25, 0.3) is 0 Å². The van der Waals surface area contributed by atoms with Crippen LogP contribution >= 0.6 is 0 Å². The Morgan fingerprint density at radius 3 is 2.74 bits per heavy atom. The maximum absolute atomic E-state index is 13.6. The van der Waals surface area contributed by atoms with Gasteiger partial charge in [-0.3, -0.25) is 0 Å². The molecule has 0 amide bonds. The van der Waals surface area contributed by atoms with Crippen LogP contribution < -0.4 is 0 Å². The number of nitrogens with zero attached hydrogens (tertiary/aromatic N) is 3. The van der Waals surface area contributed by atoms with Crippen molar-refractivity contribution in [2.75, 3.05) is 0 Å². The second kappa shape index (κ2) is 5.93. The molecule has 102 valence electrons. The van der Waals surface area contributed by atoms with E-state index in [1.54, 1.807) is 22.9 Å². The molecule has 1 N–H and O–H groups in total. The van der Waals surface area contributed by atoms with E-state index in [9.17, 15) is 9.50 Å². The third-order valence-electron chi connectivity index (χ3n) is 2.87. The zero-order valence-corrected chi connectivity index (χ0v) is 11.1. The van der Waals surface area contributed by atoms with Crippen LogP contribution in [0, 0.1) is 11.7 Å². The topological polar surface area (TPSA) is 50.9 Å². The number of halogens is 1. The zero-order valence-electron chi connectivity index (χ0n) is 11.1. The van der Waals surface area contributed by atoms with Crippen molar-refractivity contribution < 1.29 is 9.50 Å². The molecule has 0 fully saturated rings. The van der Waals surface area contributed by atoms with E-state index in [0.717, 1.165) is 6.54 Å². The monoisotopic (exact) mass is 263 g/mol. The lowest BCUT2D eigenvalue weighted by Crippen LogP contribution is -2.14. The van der Waals surface area contributed by atoms with Gasteiger partial charge in [0, 0.05) is 18.5 Å². The van der Waals surface area contributed by atoms with Crippen molar-refractivity contribution in [1.29, 1.82) is 0 Å². The van der Waals surface area contributed by atoms with E-state index in [1.807, 2.05) is 0 Å². The molecule has 4 nitrogen and oxygen atoms in total. The van der Waals surface area contributed by atoms with Gasteiger partial charge in [0.15, 0.2) is 0 Å². The standard InChI is InChI=1S/C14H18FN3O/c1-10(2)8-18-14(16-9-17-18)7-13(19)11-5-3-4-6-12(11)15/h3-6,9-10,13,19H,7-8H2,1-2H3. The minimum absolute atomic E-state index is 0.258. The minimum Gasteiger partial charge on any atom is -0.388 e. The molecule has 1 aromatic heterocycles. The quantitative estimate of drug-likeness (QED) is 0.901. The van der Waals surface area contributed by atoms with E-state index < -0.39 is 11.9 Å². The summed E-state index contributed by atoms with van der Waals surface area (Å²) in [4.78, 5) is 4.13. The lowest BCUT2D eigenvalue weighted by molar-refractivity contribution is 0.168. The first kappa shape index (κ1) is 13.7. The van der Waals surface area contributed by atoms with Crippen molar-refractivity contribution in [1.82, 2.24) is 14.8 Å². The van der Waals surface area contributed by atoms with Crippen LogP contribution in [0.15, 0.2) is 30.6 Å². The summed E-state index contributed by atoms with van der Waals surface area (Å²) in [7, 11) is 0. The van der Waals surface area contributed by atoms with E-state index in [0.29, 0.717) is 17.3 Å². The molecule has 0 aliphatic rings. The van der Waals surface area contributed by atoms with Crippen molar-refractivity contribution >= 4 is 0 Å². The summed E-state index contributed by atoms with van der Waals surface area (Å²) in [5.74, 6) is 0.709. The number of benzene rings is 1. The first-order valence-corrected chi connectivity index (χ1v) is 6.37. The highest BCUT2D eigenvalue weighted by Gasteiger charge is 2.16. The van der Waals surface area contributed by atoms with Gasteiger partial charge in [0.25, 0.3) is 0 Å². The summed E-state index contributed by atoms with van der Waals surface area (Å²) >= 11 is 0. The molecule has 5 heteroatoms. The molecule has 0 saturated heterocycles. The van der Waals surface area contributed by atoms with Crippen LogP contribution in [0.4, 0.5) is 4.39 Å². The van der Waals surface area contributed by atoms with Gasteiger partial charge >= 0.3 is 0 Å². The van der Waals surface area contributed by atoms with Gasteiger partial charge in [0.1, 0.15) is 18.0 Å². The van der Waals surface area contributed by atoms with Gasteiger partial charge in [-0.2, -0.15) is 5.10 Å². The molecule has 0 spiro atoms. The maximum Gasteiger partial charge on any atom is 0.138 e. The van der Waals surface area contributed by atoms with Crippen LogP contribution in [0.3, 0.4) is 0 Å². The number of aliphatic hydroxyl groups is 1. The normalized spacial score (nSPS) is 12.9. The second-order valence-corrected chi connectivity index (χ2v) is 4.99. The first-order valence-electron chi connectivity index (χ1n) is 6.37. The first-order chi connectivity index (χ1) is 9.08. The molecule has 2 rings (SSSR count). The molecule has 0 saturated carbocycles. The largest absolute Gasteiger partial charge is 0.388 e. The third kappa shape index (κ3) is 3.38. The van der Waals surface area contributed by atoms with E-state index in [2.05, 4.69) is 23.9 Å². The molecule has 1 atom stereocenters. The molecule has 0 aliphatic carbocycles. The molecule has 1 aromatic carbocycles. The maximum atomic E-state index is 13.6. The highest BCUT2D eigenvalue weighted by Crippen LogP contribution is 2.20. The van der Waals surface area contributed by atoms with E-state index in [1.165, 1.54) is 12.4 Å². The van der Waals surface area contributed by atoms with Gasteiger partial charge in [-0.25, -0.2) is 14.1 Å². The highest BCUT2D eigenvalue weighted by atomic mass is 19.1. The Bertz CT molecular complexity index is 539. The summed E-state index contributed by atoms with van der Waals surface area (Å²) in [6.07, 6.45) is 0.815. The summed E-state index contributed by atoms with van der Waals surface area (Å²) in [6, 6.07) is 6.24. The SMILES string of the molecule is CC(C)Cn1ncnc1CC(O)c1ccccc1F. The fourth-order valence-corrected chi connectivity index (χ4v) is 1.97. The Morgan fingerprint density at radius 1 is 1.32 bits per heavy atom. The predicted molar refractivity (Wildman–Crippen MR) is 69.9 cm³/mol. The van der Waals surface area contributed by atoms with Gasteiger partial charge in [-0.15, -0.1) is 0 Å². The van der Waals surface area contributed by atoms with Gasteiger partial charge in [-0.1, -0.05) is 32.0 Å². The van der Waals surface area contributed by atoms with Crippen molar-refractivity contribution in [2.24, 2.45) is 5.92 Å². The van der Waals surface area contributed by atoms with Gasteiger partial charge in [0.05, 0.1) is 6.10 Å². The Morgan fingerprint density at radius 2 is 2.05 bits per heavy atom. The molecule has 1 unspecified atom stereocenters. The fourth-order valence-electron chi connectivity index (χ4n) is 1.97. The highest BCUT2D eigenvalue weighted by molar-refractivity contribution is 5.20. The summed E-state index contributed by atoms with van der Waals surface area (Å²) in [5, 5.41) is 14.2. The van der Waals surface area contributed by atoms with Crippen LogP contribution in [0.5, 0.6) is 0 Å².